The number of rotatable bonds is 6. The quantitative estimate of drug-likeness (QED) is 0.727. The van der Waals surface area contributed by atoms with E-state index in [4.69, 9.17) is 9.47 Å². The maximum absolute atomic E-state index is 12.3. The van der Waals surface area contributed by atoms with Gasteiger partial charge in [0.2, 0.25) is 5.91 Å². The first-order chi connectivity index (χ1) is 12.6. The summed E-state index contributed by atoms with van der Waals surface area (Å²) >= 11 is 0. The van der Waals surface area contributed by atoms with E-state index >= 15 is 0 Å². The Labute approximate surface area is 158 Å². The molecule has 4 aliphatic rings. The van der Waals surface area contributed by atoms with Crippen LogP contribution in [-0.4, -0.2) is 72.8 Å². The van der Waals surface area contributed by atoms with Gasteiger partial charge in [0.05, 0.1) is 11.6 Å². The smallest absolute Gasteiger partial charge is 0.222 e. The first kappa shape index (κ1) is 18.7. The van der Waals surface area contributed by atoms with Crippen LogP contribution in [0, 0.1) is 11.8 Å². The van der Waals surface area contributed by atoms with Gasteiger partial charge in [-0.15, -0.1) is 0 Å². The van der Waals surface area contributed by atoms with Crippen LogP contribution < -0.4 is 0 Å². The van der Waals surface area contributed by atoms with Crippen molar-refractivity contribution >= 4 is 5.91 Å². The number of hydrogen-bond acceptors (Lipinski definition) is 4. The minimum atomic E-state index is 0.210. The molecule has 1 amide bonds. The maximum Gasteiger partial charge on any atom is 0.222 e. The Morgan fingerprint density at radius 2 is 1.85 bits per heavy atom. The zero-order valence-corrected chi connectivity index (χ0v) is 16.6. The Hall–Kier alpha value is -0.650. The van der Waals surface area contributed by atoms with Gasteiger partial charge in [0.15, 0.2) is 0 Å². The number of piperidine rings is 1. The van der Waals surface area contributed by atoms with Gasteiger partial charge >= 0.3 is 0 Å². The Balaban J connectivity index is 1.33. The second-order valence-corrected chi connectivity index (χ2v) is 9.34. The Morgan fingerprint density at radius 1 is 1.15 bits per heavy atom. The normalized spacial score (nSPS) is 30.0. The minimum Gasteiger partial charge on any atom is -0.381 e. The number of carbonyl (C=O) groups excluding carboxylic acids is 1. The van der Waals surface area contributed by atoms with E-state index < -0.39 is 0 Å². The lowest BCUT2D eigenvalue weighted by molar-refractivity contribution is -0.217. The summed E-state index contributed by atoms with van der Waals surface area (Å²) in [5.41, 5.74) is 0.210. The molecule has 148 valence electrons. The van der Waals surface area contributed by atoms with Crippen LogP contribution in [0.3, 0.4) is 0 Å². The molecule has 0 aromatic carbocycles. The number of amides is 1. The van der Waals surface area contributed by atoms with Crippen molar-refractivity contribution in [1.29, 1.82) is 0 Å². The number of ether oxygens (including phenoxy) is 2. The highest BCUT2D eigenvalue weighted by atomic mass is 16.5. The second kappa shape index (κ2) is 7.76. The van der Waals surface area contributed by atoms with E-state index in [9.17, 15) is 4.79 Å². The van der Waals surface area contributed by atoms with Crippen molar-refractivity contribution in [2.75, 3.05) is 39.5 Å². The first-order valence-electron chi connectivity index (χ1n) is 10.8. The molecule has 3 heterocycles. The summed E-state index contributed by atoms with van der Waals surface area (Å²) in [7, 11) is 0. The molecule has 1 unspecified atom stereocenters. The van der Waals surface area contributed by atoms with Crippen molar-refractivity contribution in [3.05, 3.63) is 0 Å². The first-order valence-corrected chi connectivity index (χ1v) is 10.8. The average molecular weight is 365 g/mol. The van der Waals surface area contributed by atoms with Gasteiger partial charge in [-0.2, -0.15) is 0 Å². The van der Waals surface area contributed by atoms with Crippen LogP contribution in [0.2, 0.25) is 0 Å². The van der Waals surface area contributed by atoms with Gasteiger partial charge in [-0.05, 0) is 50.4 Å². The predicted molar refractivity (Wildman–Crippen MR) is 101 cm³/mol. The topological polar surface area (TPSA) is 42.0 Å². The third-order valence-electron chi connectivity index (χ3n) is 6.96. The zero-order valence-electron chi connectivity index (χ0n) is 16.6. The van der Waals surface area contributed by atoms with Crippen molar-refractivity contribution in [3.8, 4) is 0 Å². The van der Waals surface area contributed by atoms with E-state index in [1.54, 1.807) is 0 Å². The van der Waals surface area contributed by atoms with E-state index in [1.807, 2.05) is 0 Å². The lowest BCUT2D eigenvalue weighted by Crippen LogP contribution is -2.76. The van der Waals surface area contributed by atoms with Crippen molar-refractivity contribution in [1.82, 2.24) is 9.80 Å². The zero-order chi connectivity index (χ0) is 18.1. The summed E-state index contributed by atoms with van der Waals surface area (Å²) in [5, 5.41) is 0. The molecule has 0 N–H and O–H groups in total. The number of likely N-dealkylation sites (tertiary alicyclic amines) is 2. The van der Waals surface area contributed by atoms with Gasteiger partial charge in [0.1, 0.15) is 0 Å². The standard InChI is InChI=1S/C21H36N2O3/c1-16(2)13-20(24)22-9-5-18(6-10-22)23-14-19(26-15-17-3-4-17)21(23)7-11-25-12-8-21/h16-19H,3-15H2,1-2H3. The molecule has 1 atom stereocenters. The number of carbonyl (C=O) groups is 1. The molecule has 26 heavy (non-hydrogen) atoms. The van der Waals surface area contributed by atoms with Crippen molar-refractivity contribution < 1.29 is 14.3 Å². The molecule has 3 aliphatic heterocycles. The van der Waals surface area contributed by atoms with Crippen LogP contribution in [0.1, 0.15) is 58.8 Å². The summed E-state index contributed by atoms with van der Waals surface area (Å²) in [4.78, 5) is 17.2. The van der Waals surface area contributed by atoms with Crippen LogP contribution >= 0.6 is 0 Å². The highest BCUT2D eigenvalue weighted by molar-refractivity contribution is 5.76. The SMILES string of the molecule is CC(C)CC(=O)N1CCC(N2CC(OCC3CC3)C23CCOCC3)CC1. The molecule has 4 fully saturated rings. The predicted octanol–water partition coefficient (Wildman–Crippen LogP) is 2.68. The van der Waals surface area contributed by atoms with Gasteiger partial charge < -0.3 is 14.4 Å². The van der Waals surface area contributed by atoms with E-state index in [0.29, 0.717) is 30.4 Å². The monoisotopic (exact) mass is 364 g/mol. The molecule has 1 aliphatic carbocycles. The second-order valence-electron chi connectivity index (χ2n) is 9.34. The van der Waals surface area contributed by atoms with Crippen LogP contribution in [0.5, 0.6) is 0 Å². The Bertz CT molecular complexity index is 491. The highest BCUT2D eigenvalue weighted by Gasteiger charge is 2.57. The van der Waals surface area contributed by atoms with Gasteiger partial charge in [-0.3, -0.25) is 9.69 Å². The molecule has 5 heteroatoms. The molecule has 5 nitrogen and oxygen atoms in total. The molecule has 0 radical (unpaired) electrons. The largest absolute Gasteiger partial charge is 0.381 e. The maximum atomic E-state index is 12.3. The van der Waals surface area contributed by atoms with Gasteiger partial charge in [0, 0.05) is 51.9 Å². The molecule has 0 aromatic rings. The summed E-state index contributed by atoms with van der Waals surface area (Å²) in [6.07, 6.45) is 8.23. The fourth-order valence-corrected chi connectivity index (χ4v) is 5.10. The third-order valence-corrected chi connectivity index (χ3v) is 6.96. The van der Waals surface area contributed by atoms with Gasteiger partial charge in [-0.1, -0.05) is 13.8 Å². The molecule has 1 spiro atoms. The third kappa shape index (κ3) is 3.81. The molecule has 4 rings (SSSR count). The summed E-state index contributed by atoms with van der Waals surface area (Å²) in [6.45, 7) is 9.88. The summed E-state index contributed by atoms with van der Waals surface area (Å²) < 4.78 is 12.0. The molecule has 1 saturated carbocycles. The summed E-state index contributed by atoms with van der Waals surface area (Å²) in [6, 6.07) is 0.608. The Kier molecular flexibility index (Phi) is 5.58. The molecular formula is C21H36N2O3. The van der Waals surface area contributed by atoms with Crippen LogP contribution in [0.25, 0.3) is 0 Å². The number of nitrogens with zero attached hydrogens (tertiary/aromatic N) is 2. The van der Waals surface area contributed by atoms with Crippen LogP contribution in [0.4, 0.5) is 0 Å². The van der Waals surface area contributed by atoms with Crippen LogP contribution in [-0.2, 0) is 14.3 Å². The minimum absolute atomic E-state index is 0.210. The number of hydrogen-bond donors (Lipinski definition) is 0. The van der Waals surface area contributed by atoms with Gasteiger partial charge in [-0.25, -0.2) is 0 Å². The van der Waals surface area contributed by atoms with E-state index in [2.05, 4.69) is 23.6 Å². The lowest BCUT2D eigenvalue weighted by atomic mass is 9.73. The average Bonchev–Trinajstić information content (AvgIpc) is 3.46. The fourth-order valence-electron chi connectivity index (χ4n) is 5.10. The van der Waals surface area contributed by atoms with Crippen molar-refractivity contribution in [2.24, 2.45) is 11.8 Å². The van der Waals surface area contributed by atoms with E-state index in [-0.39, 0.29) is 5.54 Å². The van der Waals surface area contributed by atoms with E-state index in [1.165, 1.54) is 12.8 Å². The van der Waals surface area contributed by atoms with Crippen LogP contribution in [0.15, 0.2) is 0 Å². The van der Waals surface area contributed by atoms with Crippen molar-refractivity contribution in [2.45, 2.75) is 76.5 Å². The molecule has 3 saturated heterocycles. The summed E-state index contributed by atoms with van der Waals surface area (Å²) in [5.74, 6) is 1.62. The molecular weight excluding hydrogens is 328 g/mol. The van der Waals surface area contributed by atoms with Gasteiger partial charge in [0.25, 0.3) is 0 Å². The highest BCUT2D eigenvalue weighted by Crippen LogP contribution is 2.45. The van der Waals surface area contributed by atoms with E-state index in [0.717, 1.165) is 71.1 Å². The molecule has 0 aromatic heterocycles. The lowest BCUT2D eigenvalue weighted by Gasteiger charge is -2.63. The Morgan fingerprint density at radius 3 is 2.46 bits per heavy atom. The fraction of sp³-hybridized carbons (Fsp3) is 0.952. The van der Waals surface area contributed by atoms with Crippen molar-refractivity contribution in [3.63, 3.8) is 0 Å². The molecule has 0 bridgehead atoms.